The number of amides is 1. The fourth-order valence-electron chi connectivity index (χ4n) is 1.82. The second kappa shape index (κ2) is 4.87. The second-order valence-corrected chi connectivity index (χ2v) is 3.84. The van der Waals surface area contributed by atoms with Crippen molar-refractivity contribution in [3.63, 3.8) is 0 Å². The molecule has 5 nitrogen and oxygen atoms in total. The fraction of sp³-hybridized carbons (Fsp3) is 0.889. The number of piperidine rings is 1. The molecule has 1 aliphatic rings. The Bertz CT molecular complexity index is 237. The van der Waals surface area contributed by atoms with Crippen molar-refractivity contribution in [1.29, 1.82) is 0 Å². The third kappa shape index (κ3) is 2.27. The van der Waals surface area contributed by atoms with E-state index in [1.165, 1.54) is 14.0 Å². The Balaban J connectivity index is 2.78. The molecule has 0 bridgehead atoms. The van der Waals surface area contributed by atoms with E-state index in [1.807, 2.05) is 0 Å². The minimum Gasteiger partial charge on any atom is -0.395 e. The summed E-state index contributed by atoms with van der Waals surface area (Å²) in [6.07, 6.45) is -2.44. The molecule has 1 saturated heterocycles. The number of rotatable bonds is 2. The molecule has 6 heteroatoms. The Labute approximate surface area is 87.7 Å². The van der Waals surface area contributed by atoms with E-state index in [0.717, 1.165) is 0 Å². The second-order valence-electron chi connectivity index (χ2n) is 3.84. The van der Waals surface area contributed by atoms with Gasteiger partial charge in [-0.25, -0.2) is 4.39 Å². The van der Waals surface area contributed by atoms with Gasteiger partial charge in [-0.2, -0.15) is 0 Å². The molecule has 15 heavy (non-hydrogen) atoms. The topological polar surface area (TPSA) is 81.6 Å². The minimum atomic E-state index is -1.36. The predicted molar refractivity (Wildman–Crippen MR) is 51.9 cm³/mol. The van der Waals surface area contributed by atoms with Gasteiger partial charge in [0.15, 0.2) is 0 Å². The summed E-state index contributed by atoms with van der Waals surface area (Å²) in [7, 11) is 1.44. The molecule has 0 aromatic rings. The Morgan fingerprint density at radius 3 is 2.67 bits per heavy atom. The first-order valence-electron chi connectivity index (χ1n) is 4.93. The SMILES string of the molecule is CNC(=O)C1NC(CO)C(F)C(C)C1O. The van der Waals surface area contributed by atoms with Crippen LogP contribution < -0.4 is 10.6 Å². The maximum absolute atomic E-state index is 13.5. The van der Waals surface area contributed by atoms with Crippen molar-refractivity contribution in [2.24, 2.45) is 5.92 Å². The molecule has 4 N–H and O–H groups in total. The number of aliphatic hydroxyl groups excluding tert-OH is 2. The molecule has 1 rings (SSSR count). The van der Waals surface area contributed by atoms with Gasteiger partial charge in [0.05, 0.1) is 18.8 Å². The van der Waals surface area contributed by atoms with Crippen LogP contribution in [0.5, 0.6) is 0 Å². The van der Waals surface area contributed by atoms with E-state index in [4.69, 9.17) is 5.11 Å². The van der Waals surface area contributed by atoms with Gasteiger partial charge in [0.2, 0.25) is 5.91 Å². The van der Waals surface area contributed by atoms with Gasteiger partial charge in [0, 0.05) is 13.0 Å². The van der Waals surface area contributed by atoms with Gasteiger partial charge in [0.25, 0.3) is 0 Å². The highest BCUT2D eigenvalue weighted by Gasteiger charge is 2.44. The predicted octanol–water partition coefficient (Wildman–Crippen LogP) is -1.60. The van der Waals surface area contributed by atoms with Crippen molar-refractivity contribution in [3.8, 4) is 0 Å². The van der Waals surface area contributed by atoms with Gasteiger partial charge in [-0.3, -0.25) is 10.1 Å². The zero-order valence-corrected chi connectivity index (χ0v) is 8.77. The van der Waals surface area contributed by atoms with Crippen molar-refractivity contribution in [3.05, 3.63) is 0 Å². The molecular weight excluding hydrogens is 203 g/mol. The van der Waals surface area contributed by atoms with Crippen molar-refractivity contribution < 1.29 is 19.4 Å². The van der Waals surface area contributed by atoms with Gasteiger partial charge < -0.3 is 15.5 Å². The lowest BCUT2D eigenvalue weighted by atomic mass is 9.84. The quantitative estimate of drug-likeness (QED) is 0.452. The Morgan fingerprint density at radius 1 is 1.60 bits per heavy atom. The van der Waals surface area contributed by atoms with E-state index in [9.17, 15) is 14.3 Å². The normalized spacial score (nSPS) is 41.3. The van der Waals surface area contributed by atoms with Crippen molar-refractivity contribution in [1.82, 2.24) is 10.6 Å². The van der Waals surface area contributed by atoms with Crippen LogP contribution >= 0.6 is 0 Å². The van der Waals surface area contributed by atoms with E-state index in [1.54, 1.807) is 0 Å². The maximum atomic E-state index is 13.5. The maximum Gasteiger partial charge on any atom is 0.239 e. The molecule has 0 aliphatic carbocycles. The number of hydrogen-bond donors (Lipinski definition) is 4. The highest BCUT2D eigenvalue weighted by atomic mass is 19.1. The zero-order chi connectivity index (χ0) is 11.6. The van der Waals surface area contributed by atoms with Crippen LogP contribution in [-0.2, 0) is 4.79 Å². The number of nitrogens with one attached hydrogen (secondary N) is 2. The largest absolute Gasteiger partial charge is 0.395 e. The van der Waals surface area contributed by atoms with E-state index >= 15 is 0 Å². The van der Waals surface area contributed by atoms with Gasteiger partial charge in [-0.1, -0.05) is 6.92 Å². The number of likely N-dealkylation sites (N-methyl/N-ethyl adjacent to an activating group) is 1. The molecule has 0 radical (unpaired) electrons. The van der Waals surface area contributed by atoms with Crippen LogP contribution in [-0.4, -0.2) is 54.1 Å². The Hall–Kier alpha value is -0.720. The first kappa shape index (κ1) is 12.4. The molecule has 0 aromatic carbocycles. The number of alkyl halides is 1. The summed E-state index contributed by atoms with van der Waals surface area (Å²) >= 11 is 0. The fourth-order valence-corrected chi connectivity index (χ4v) is 1.82. The zero-order valence-electron chi connectivity index (χ0n) is 8.77. The van der Waals surface area contributed by atoms with E-state index in [0.29, 0.717) is 0 Å². The van der Waals surface area contributed by atoms with Gasteiger partial charge in [-0.15, -0.1) is 0 Å². The molecule has 1 amide bonds. The number of carbonyl (C=O) groups is 1. The first-order valence-corrected chi connectivity index (χ1v) is 4.93. The average Bonchev–Trinajstić information content (AvgIpc) is 2.25. The summed E-state index contributed by atoms with van der Waals surface area (Å²) in [6.45, 7) is 1.13. The molecule has 0 spiro atoms. The van der Waals surface area contributed by atoms with Crippen molar-refractivity contribution >= 4 is 5.91 Å². The standard InChI is InChI=1S/C9H17FN2O3/c1-4-6(10)5(3-13)12-7(8(4)14)9(15)11-2/h4-8,12-14H,3H2,1-2H3,(H,11,15). The van der Waals surface area contributed by atoms with Crippen LogP contribution in [0, 0.1) is 5.92 Å². The molecule has 1 aliphatic heterocycles. The molecule has 1 heterocycles. The summed E-state index contributed by atoms with van der Waals surface area (Å²) in [5.41, 5.74) is 0. The molecule has 1 fully saturated rings. The van der Waals surface area contributed by atoms with E-state index in [2.05, 4.69) is 10.6 Å². The van der Waals surface area contributed by atoms with Gasteiger partial charge in [0.1, 0.15) is 12.2 Å². The third-order valence-corrected chi connectivity index (χ3v) is 2.89. The summed E-state index contributed by atoms with van der Waals surface area (Å²) in [6, 6.07) is -1.67. The Kier molecular flexibility index (Phi) is 4.01. The smallest absolute Gasteiger partial charge is 0.239 e. The lowest BCUT2D eigenvalue weighted by molar-refractivity contribution is -0.130. The summed E-state index contributed by atoms with van der Waals surface area (Å²) in [5, 5.41) is 23.6. The summed E-state index contributed by atoms with van der Waals surface area (Å²) in [4.78, 5) is 11.4. The average molecular weight is 220 g/mol. The highest BCUT2D eigenvalue weighted by molar-refractivity contribution is 5.82. The number of carbonyl (C=O) groups excluding carboxylic acids is 1. The van der Waals surface area contributed by atoms with Crippen molar-refractivity contribution in [2.45, 2.75) is 31.3 Å². The van der Waals surface area contributed by atoms with E-state index in [-0.39, 0.29) is 0 Å². The lowest BCUT2D eigenvalue weighted by Crippen LogP contribution is -2.65. The van der Waals surface area contributed by atoms with E-state index < -0.39 is 42.8 Å². The summed E-state index contributed by atoms with van der Waals surface area (Å²) < 4.78 is 13.5. The minimum absolute atomic E-state index is 0.397. The van der Waals surface area contributed by atoms with Gasteiger partial charge >= 0.3 is 0 Å². The molecule has 5 atom stereocenters. The third-order valence-electron chi connectivity index (χ3n) is 2.89. The van der Waals surface area contributed by atoms with Crippen LogP contribution in [0.1, 0.15) is 6.92 Å². The number of halogens is 1. The highest BCUT2D eigenvalue weighted by Crippen LogP contribution is 2.23. The van der Waals surface area contributed by atoms with Crippen LogP contribution in [0.25, 0.3) is 0 Å². The Morgan fingerprint density at radius 2 is 2.20 bits per heavy atom. The van der Waals surface area contributed by atoms with Crippen molar-refractivity contribution in [2.75, 3.05) is 13.7 Å². The number of aliphatic hydroxyl groups is 2. The molecular formula is C9H17FN2O3. The lowest BCUT2D eigenvalue weighted by Gasteiger charge is -2.39. The number of hydrogen-bond acceptors (Lipinski definition) is 4. The van der Waals surface area contributed by atoms with Gasteiger partial charge in [-0.05, 0) is 0 Å². The molecule has 5 unspecified atom stereocenters. The first-order chi connectivity index (χ1) is 7.02. The van der Waals surface area contributed by atoms with Crippen LogP contribution in [0.3, 0.4) is 0 Å². The molecule has 0 aromatic heterocycles. The van der Waals surface area contributed by atoms with Crippen LogP contribution in [0.2, 0.25) is 0 Å². The van der Waals surface area contributed by atoms with Crippen LogP contribution in [0.4, 0.5) is 4.39 Å². The summed E-state index contributed by atoms with van der Waals surface area (Å²) in [5.74, 6) is -1.08. The van der Waals surface area contributed by atoms with Crippen LogP contribution in [0.15, 0.2) is 0 Å². The molecule has 88 valence electrons. The monoisotopic (exact) mass is 220 g/mol. The molecule has 0 saturated carbocycles.